The molecule has 0 spiro atoms. The molecule has 0 heterocycles. The number of rotatable bonds is 4. The molecule has 0 amide bonds. The molecule has 0 aromatic rings. The normalized spacial score (nSPS) is 28.2. The summed E-state index contributed by atoms with van der Waals surface area (Å²) in [7, 11) is 0. The van der Waals surface area contributed by atoms with Crippen LogP contribution in [0.4, 0.5) is 26.3 Å². The molecular formula is C17H22F6N2. The van der Waals surface area contributed by atoms with Gasteiger partial charge in [0.25, 0.3) is 0 Å². The number of hydrogen-bond acceptors (Lipinski definition) is 2. The van der Waals surface area contributed by atoms with E-state index in [-0.39, 0.29) is 17.3 Å². The SMILES string of the molecule is C=C(NC[C@H]1CC[C@H](N)CC1)C1=CC(C(F)(F)F)CC(C(F)(F)F)=C1. The molecule has 2 nitrogen and oxygen atoms in total. The lowest BCUT2D eigenvalue weighted by molar-refractivity contribution is -0.165. The maximum absolute atomic E-state index is 13.0. The third kappa shape index (κ3) is 5.52. The monoisotopic (exact) mass is 368 g/mol. The highest BCUT2D eigenvalue weighted by Crippen LogP contribution is 2.42. The van der Waals surface area contributed by atoms with Crippen LogP contribution in [0.5, 0.6) is 0 Å². The Labute approximate surface area is 142 Å². The third-order valence-corrected chi connectivity index (χ3v) is 4.78. The number of allylic oxidation sites excluding steroid dienone is 3. The van der Waals surface area contributed by atoms with E-state index >= 15 is 0 Å². The van der Waals surface area contributed by atoms with Gasteiger partial charge in [0.1, 0.15) is 0 Å². The number of nitrogens with one attached hydrogen (secondary N) is 1. The van der Waals surface area contributed by atoms with Crippen LogP contribution >= 0.6 is 0 Å². The van der Waals surface area contributed by atoms with E-state index in [4.69, 9.17) is 5.73 Å². The lowest BCUT2D eigenvalue weighted by Gasteiger charge is -2.28. The van der Waals surface area contributed by atoms with Gasteiger partial charge in [-0.2, -0.15) is 26.3 Å². The van der Waals surface area contributed by atoms with Gasteiger partial charge in [0.2, 0.25) is 0 Å². The van der Waals surface area contributed by atoms with Gasteiger partial charge < -0.3 is 11.1 Å². The van der Waals surface area contributed by atoms with Crippen LogP contribution in [0.2, 0.25) is 0 Å². The Morgan fingerprint density at radius 2 is 1.72 bits per heavy atom. The first kappa shape index (κ1) is 19.9. The van der Waals surface area contributed by atoms with Crippen molar-refractivity contribution in [3.8, 4) is 0 Å². The molecule has 8 heteroatoms. The van der Waals surface area contributed by atoms with Gasteiger partial charge in [0, 0.05) is 23.9 Å². The Kier molecular flexibility index (Phi) is 5.91. The summed E-state index contributed by atoms with van der Waals surface area (Å²) in [6.07, 6.45) is -5.52. The van der Waals surface area contributed by atoms with Crippen LogP contribution < -0.4 is 11.1 Å². The lowest BCUT2D eigenvalue weighted by atomic mass is 9.86. The molecule has 0 aromatic carbocycles. The quantitative estimate of drug-likeness (QED) is 0.712. The Balaban J connectivity index is 2.06. The van der Waals surface area contributed by atoms with E-state index in [0.29, 0.717) is 12.5 Å². The summed E-state index contributed by atoms with van der Waals surface area (Å²) in [5.74, 6) is -1.86. The second-order valence-electron chi connectivity index (χ2n) is 6.78. The summed E-state index contributed by atoms with van der Waals surface area (Å²) in [6.45, 7) is 4.09. The average molecular weight is 368 g/mol. The molecule has 0 aliphatic heterocycles. The van der Waals surface area contributed by atoms with E-state index < -0.39 is 30.3 Å². The number of nitrogens with two attached hydrogens (primary N) is 1. The van der Waals surface area contributed by atoms with E-state index in [1.807, 2.05) is 0 Å². The van der Waals surface area contributed by atoms with Crippen LogP contribution in [0.3, 0.4) is 0 Å². The van der Waals surface area contributed by atoms with E-state index in [0.717, 1.165) is 37.8 Å². The topological polar surface area (TPSA) is 38.0 Å². The number of halogens is 6. The second-order valence-corrected chi connectivity index (χ2v) is 6.78. The van der Waals surface area contributed by atoms with Crippen molar-refractivity contribution in [3.05, 3.63) is 35.6 Å². The summed E-state index contributed by atoms with van der Waals surface area (Å²) in [4.78, 5) is 0. The molecule has 0 bridgehead atoms. The van der Waals surface area contributed by atoms with Crippen molar-refractivity contribution in [3.63, 3.8) is 0 Å². The Hall–Kier alpha value is -1.44. The van der Waals surface area contributed by atoms with Crippen LogP contribution in [0.25, 0.3) is 0 Å². The zero-order valence-corrected chi connectivity index (χ0v) is 13.7. The molecule has 1 fully saturated rings. The third-order valence-electron chi connectivity index (χ3n) is 4.78. The molecule has 2 aliphatic carbocycles. The van der Waals surface area contributed by atoms with Gasteiger partial charge in [-0.15, -0.1) is 0 Å². The predicted octanol–water partition coefficient (Wildman–Crippen LogP) is 4.60. The minimum absolute atomic E-state index is 0.0885. The van der Waals surface area contributed by atoms with E-state index in [1.54, 1.807) is 0 Å². The highest BCUT2D eigenvalue weighted by atomic mass is 19.4. The maximum atomic E-state index is 13.0. The minimum atomic E-state index is -4.79. The molecule has 2 aliphatic rings. The molecule has 0 aromatic heterocycles. The summed E-state index contributed by atoms with van der Waals surface area (Å²) >= 11 is 0. The molecular weight excluding hydrogens is 346 g/mol. The zero-order chi connectivity index (χ0) is 18.8. The fourth-order valence-electron chi connectivity index (χ4n) is 3.16. The van der Waals surface area contributed by atoms with Gasteiger partial charge in [0.15, 0.2) is 0 Å². The van der Waals surface area contributed by atoms with Crippen LogP contribution in [0.15, 0.2) is 35.6 Å². The zero-order valence-electron chi connectivity index (χ0n) is 13.7. The summed E-state index contributed by atoms with van der Waals surface area (Å²) in [6, 6.07) is 0.172. The number of alkyl halides is 6. The molecule has 1 atom stereocenters. The van der Waals surface area contributed by atoms with Gasteiger partial charge >= 0.3 is 12.4 Å². The van der Waals surface area contributed by atoms with Crippen molar-refractivity contribution in [2.75, 3.05) is 6.54 Å². The molecule has 25 heavy (non-hydrogen) atoms. The van der Waals surface area contributed by atoms with Gasteiger partial charge in [-0.3, -0.25) is 0 Å². The van der Waals surface area contributed by atoms with E-state index in [2.05, 4.69) is 11.9 Å². The fourth-order valence-corrected chi connectivity index (χ4v) is 3.16. The molecule has 1 unspecified atom stereocenters. The average Bonchev–Trinajstić information content (AvgIpc) is 2.52. The number of hydrogen-bond donors (Lipinski definition) is 2. The highest BCUT2D eigenvalue weighted by Gasteiger charge is 2.45. The first-order valence-corrected chi connectivity index (χ1v) is 8.22. The first-order valence-electron chi connectivity index (χ1n) is 8.22. The van der Waals surface area contributed by atoms with Crippen LogP contribution in [-0.2, 0) is 0 Å². The molecule has 2 rings (SSSR count). The summed E-state index contributed by atoms with van der Waals surface area (Å²) in [5.41, 5.74) is 4.58. The van der Waals surface area contributed by atoms with Crippen molar-refractivity contribution in [1.82, 2.24) is 5.32 Å². The van der Waals surface area contributed by atoms with Crippen molar-refractivity contribution >= 4 is 0 Å². The maximum Gasteiger partial charge on any atom is 0.412 e. The molecule has 1 saturated carbocycles. The summed E-state index contributed by atoms with van der Waals surface area (Å²) in [5, 5.41) is 2.90. The van der Waals surface area contributed by atoms with Crippen molar-refractivity contribution in [2.45, 2.75) is 50.5 Å². The molecule has 3 N–H and O–H groups in total. The molecule has 0 radical (unpaired) electrons. The lowest BCUT2D eigenvalue weighted by Crippen LogP contribution is -2.32. The van der Waals surface area contributed by atoms with Gasteiger partial charge in [-0.05, 0) is 49.7 Å². The second kappa shape index (κ2) is 7.43. The van der Waals surface area contributed by atoms with Crippen molar-refractivity contribution in [2.24, 2.45) is 17.6 Å². The highest BCUT2D eigenvalue weighted by molar-refractivity contribution is 5.43. The van der Waals surface area contributed by atoms with Gasteiger partial charge in [-0.1, -0.05) is 12.7 Å². The predicted molar refractivity (Wildman–Crippen MR) is 83.5 cm³/mol. The fraction of sp³-hybridized carbons (Fsp3) is 0.647. The Morgan fingerprint density at radius 1 is 1.12 bits per heavy atom. The van der Waals surface area contributed by atoms with Gasteiger partial charge in [0.05, 0.1) is 5.92 Å². The smallest absolute Gasteiger partial charge is 0.385 e. The molecule has 142 valence electrons. The Morgan fingerprint density at radius 3 is 2.24 bits per heavy atom. The minimum Gasteiger partial charge on any atom is -0.385 e. The van der Waals surface area contributed by atoms with Crippen LogP contribution in [0.1, 0.15) is 32.1 Å². The summed E-state index contributed by atoms with van der Waals surface area (Å²) < 4.78 is 77.6. The largest absolute Gasteiger partial charge is 0.412 e. The van der Waals surface area contributed by atoms with Crippen molar-refractivity contribution in [1.29, 1.82) is 0 Å². The van der Waals surface area contributed by atoms with Crippen molar-refractivity contribution < 1.29 is 26.3 Å². The standard InChI is InChI=1S/C17H22F6N2/c1-10(25-9-11-2-4-15(24)5-3-11)12-6-13(16(18,19)20)8-14(7-12)17(21,22)23/h6-7,11,13,15,25H,1-5,8-9,24H2/t11-,13?,15-. The van der Waals surface area contributed by atoms with Gasteiger partial charge in [-0.25, -0.2) is 0 Å². The van der Waals surface area contributed by atoms with E-state index in [1.165, 1.54) is 0 Å². The van der Waals surface area contributed by atoms with E-state index in [9.17, 15) is 26.3 Å². The first-order chi connectivity index (χ1) is 11.5. The molecule has 0 saturated heterocycles. The van der Waals surface area contributed by atoms with Crippen LogP contribution in [0, 0.1) is 11.8 Å². The Bertz CT molecular complexity index is 550. The van der Waals surface area contributed by atoms with Crippen LogP contribution in [-0.4, -0.2) is 24.9 Å².